The van der Waals surface area contributed by atoms with Crippen LogP contribution in [0.4, 0.5) is 0 Å². The molecule has 0 spiro atoms. The van der Waals surface area contributed by atoms with Crippen molar-refractivity contribution in [1.82, 2.24) is 0 Å². The molecule has 0 amide bonds. The van der Waals surface area contributed by atoms with Gasteiger partial charge in [0, 0.05) is 0 Å². The number of ketones is 1. The van der Waals surface area contributed by atoms with Gasteiger partial charge in [0.25, 0.3) is 0 Å². The standard InChI is InChI=1S/C13H24OS2/c14-13(11-15-7-3-1-4-8-15)12-16-9-5-2-6-10-16/h1-12H2/q+2. The summed E-state index contributed by atoms with van der Waals surface area (Å²) in [6, 6.07) is 0. The van der Waals surface area contributed by atoms with Gasteiger partial charge in [-0.3, -0.25) is 4.79 Å². The minimum Gasteiger partial charge on any atom is -0.289 e. The van der Waals surface area contributed by atoms with Crippen LogP contribution in [0.2, 0.25) is 0 Å². The second kappa shape index (κ2) is 6.95. The number of Topliss-reactive ketones (excluding diaryl/α,β-unsaturated/α-hetero) is 1. The molecule has 2 aliphatic heterocycles. The molecule has 2 rings (SSSR count). The summed E-state index contributed by atoms with van der Waals surface area (Å²) in [6.07, 6.45) is 8.32. The summed E-state index contributed by atoms with van der Waals surface area (Å²) < 4.78 is 0. The monoisotopic (exact) mass is 260 g/mol. The molecule has 2 heterocycles. The smallest absolute Gasteiger partial charge is 0.230 e. The maximum atomic E-state index is 12.0. The van der Waals surface area contributed by atoms with Gasteiger partial charge in [0.15, 0.2) is 11.5 Å². The number of hydrogen-bond acceptors (Lipinski definition) is 1. The topological polar surface area (TPSA) is 17.1 Å². The van der Waals surface area contributed by atoms with Crippen molar-refractivity contribution in [2.24, 2.45) is 0 Å². The molecule has 0 saturated carbocycles. The van der Waals surface area contributed by atoms with Crippen LogP contribution in [0.5, 0.6) is 0 Å². The van der Waals surface area contributed by atoms with Crippen molar-refractivity contribution in [3.63, 3.8) is 0 Å². The molecule has 0 aromatic carbocycles. The highest BCUT2D eigenvalue weighted by atomic mass is 32.2. The molecule has 3 heteroatoms. The quantitative estimate of drug-likeness (QED) is 0.708. The van der Waals surface area contributed by atoms with Crippen LogP contribution in [-0.2, 0) is 26.6 Å². The van der Waals surface area contributed by atoms with Crippen molar-refractivity contribution < 1.29 is 4.79 Å². The molecule has 0 aromatic rings. The van der Waals surface area contributed by atoms with E-state index >= 15 is 0 Å². The predicted octanol–water partition coefficient (Wildman–Crippen LogP) is 2.16. The Morgan fingerprint density at radius 3 is 1.44 bits per heavy atom. The van der Waals surface area contributed by atoms with Gasteiger partial charge in [-0.2, -0.15) is 0 Å². The van der Waals surface area contributed by atoms with Crippen LogP contribution in [0.25, 0.3) is 0 Å². The van der Waals surface area contributed by atoms with Crippen molar-refractivity contribution in [3.05, 3.63) is 0 Å². The first-order valence-corrected chi connectivity index (χ1v) is 10.1. The fourth-order valence-electron chi connectivity index (χ4n) is 2.57. The maximum Gasteiger partial charge on any atom is 0.230 e. The summed E-state index contributed by atoms with van der Waals surface area (Å²) in [5, 5.41) is 0. The molecule has 0 unspecified atom stereocenters. The van der Waals surface area contributed by atoms with Gasteiger partial charge in [-0.15, -0.1) is 0 Å². The molecule has 0 aromatic heterocycles. The molecule has 16 heavy (non-hydrogen) atoms. The molecule has 0 radical (unpaired) electrons. The zero-order chi connectivity index (χ0) is 11.2. The van der Waals surface area contributed by atoms with E-state index in [1.807, 2.05) is 0 Å². The minimum atomic E-state index is 0.476. The van der Waals surface area contributed by atoms with Crippen molar-refractivity contribution in [1.29, 1.82) is 0 Å². The van der Waals surface area contributed by atoms with Gasteiger partial charge < -0.3 is 0 Å². The highest BCUT2D eigenvalue weighted by Gasteiger charge is 2.30. The Hall–Kier alpha value is 0.370. The molecule has 2 fully saturated rings. The average Bonchev–Trinajstić information content (AvgIpc) is 2.31. The Bertz CT molecular complexity index is 196. The lowest BCUT2D eigenvalue weighted by molar-refractivity contribution is -0.114. The van der Waals surface area contributed by atoms with E-state index < -0.39 is 0 Å². The second-order valence-electron chi connectivity index (χ2n) is 4.99. The fourth-order valence-corrected chi connectivity index (χ4v) is 7.25. The van der Waals surface area contributed by atoms with Crippen LogP contribution in [0.1, 0.15) is 38.5 Å². The summed E-state index contributed by atoms with van der Waals surface area (Å²) in [7, 11) is 0.952. The SMILES string of the molecule is O=C(C[S+]1CCCCC1)C[S+]1CCCCC1. The van der Waals surface area contributed by atoms with Crippen molar-refractivity contribution in [3.8, 4) is 0 Å². The van der Waals surface area contributed by atoms with E-state index in [-0.39, 0.29) is 0 Å². The van der Waals surface area contributed by atoms with Crippen LogP contribution < -0.4 is 0 Å². The summed E-state index contributed by atoms with van der Waals surface area (Å²) in [5.41, 5.74) is 0. The Morgan fingerprint density at radius 1 is 0.688 bits per heavy atom. The summed E-state index contributed by atoms with van der Waals surface area (Å²) in [5.74, 6) is 7.85. The summed E-state index contributed by atoms with van der Waals surface area (Å²) in [4.78, 5) is 12.0. The van der Waals surface area contributed by atoms with E-state index in [9.17, 15) is 4.79 Å². The molecule has 0 N–H and O–H groups in total. The van der Waals surface area contributed by atoms with E-state index in [0.717, 1.165) is 11.5 Å². The first kappa shape index (κ1) is 12.8. The Morgan fingerprint density at radius 2 is 1.06 bits per heavy atom. The molecular weight excluding hydrogens is 236 g/mol. The third kappa shape index (κ3) is 4.33. The summed E-state index contributed by atoms with van der Waals surface area (Å²) >= 11 is 0. The maximum absolute atomic E-state index is 12.0. The zero-order valence-corrected chi connectivity index (χ0v) is 11.8. The molecule has 0 atom stereocenters. The lowest BCUT2D eigenvalue weighted by atomic mass is 10.3. The second-order valence-corrected chi connectivity index (χ2v) is 9.65. The average molecular weight is 260 g/mol. The van der Waals surface area contributed by atoms with Crippen molar-refractivity contribution in [2.45, 2.75) is 38.5 Å². The number of rotatable bonds is 4. The lowest BCUT2D eigenvalue weighted by Gasteiger charge is -2.15. The van der Waals surface area contributed by atoms with Crippen LogP contribution in [0, 0.1) is 0 Å². The first-order chi connectivity index (χ1) is 7.84. The van der Waals surface area contributed by atoms with Gasteiger partial charge >= 0.3 is 0 Å². The van der Waals surface area contributed by atoms with E-state index in [0.29, 0.717) is 27.6 Å². The van der Waals surface area contributed by atoms with E-state index in [1.165, 1.54) is 61.5 Å². The molecule has 0 bridgehead atoms. The molecular formula is C13H24OS2+2. The first-order valence-electron chi connectivity index (χ1n) is 6.64. The van der Waals surface area contributed by atoms with Gasteiger partial charge in [-0.1, -0.05) is 0 Å². The van der Waals surface area contributed by atoms with Crippen LogP contribution in [-0.4, -0.2) is 40.3 Å². The Labute approximate surface area is 105 Å². The van der Waals surface area contributed by atoms with Gasteiger partial charge in [0.2, 0.25) is 5.78 Å². The molecule has 1 nitrogen and oxygen atoms in total. The van der Waals surface area contributed by atoms with Crippen molar-refractivity contribution >= 4 is 27.6 Å². The number of carbonyl (C=O) groups excluding carboxylic acids is 1. The van der Waals surface area contributed by atoms with Gasteiger partial charge in [-0.05, 0) is 60.3 Å². The Balaban J connectivity index is 1.66. The summed E-state index contributed by atoms with van der Waals surface area (Å²) in [6.45, 7) is 0. The van der Waals surface area contributed by atoms with Gasteiger partial charge in [0.05, 0.1) is 0 Å². The zero-order valence-electron chi connectivity index (χ0n) is 10.2. The van der Waals surface area contributed by atoms with Gasteiger partial charge in [0.1, 0.15) is 23.0 Å². The Kier molecular flexibility index (Phi) is 5.57. The van der Waals surface area contributed by atoms with E-state index in [4.69, 9.17) is 0 Å². The van der Waals surface area contributed by atoms with Crippen LogP contribution in [0.3, 0.4) is 0 Å². The van der Waals surface area contributed by atoms with E-state index in [1.54, 1.807) is 0 Å². The van der Waals surface area contributed by atoms with Crippen LogP contribution in [0.15, 0.2) is 0 Å². The number of carbonyl (C=O) groups is 1. The van der Waals surface area contributed by atoms with Crippen LogP contribution >= 0.6 is 0 Å². The molecule has 2 saturated heterocycles. The minimum absolute atomic E-state index is 0.476. The third-order valence-corrected chi connectivity index (χ3v) is 8.39. The van der Waals surface area contributed by atoms with E-state index in [2.05, 4.69) is 0 Å². The van der Waals surface area contributed by atoms with Crippen molar-refractivity contribution in [2.75, 3.05) is 34.5 Å². The lowest BCUT2D eigenvalue weighted by Crippen LogP contribution is -2.32. The fraction of sp³-hybridized carbons (Fsp3) is 0.923. The highest BCUT2D eigenvalue weighted by Crippen LogP contribution is 2.16. The predicted molar refractivity (Wildman–Crippen MR) is 76.6 cm³/mol. The molecule has 2 aliphatic rings. The molecule has 92 valence electrons. The van der Waals surface area contributed by atoms with Gasteiger partial charge in [-0.25, -0.2) is 0 Å². The highest BCUT2D eigenvalue weighted by molar-refractivity contribution is 7.99. The third-order valence-electron chi connectivity index (χ3n) is 3.46. The number of hydrogen-bond donors (Lipinski definition) is 0. The normalized spacial score (nSPS) is 24.5. The molecule has 0 aliphatic carbocycles. The largest absolute Gasteiger partial charge is 0.289 e.